The Hall–Kier alpha value is -2.16. The topological polar surface area (TPSA) is 97.1 Å². The van der Waals surface area contributed by atoms with E-state index >= 15 is 0 Å². The molecular formula is C15H22N4O4. The Labute approximate surface area is 135 Å². The third-order valence-electron chi connectivity index (χ3n) is 3.63. The molecule has 1 aliphatic rings. The molecular weight excluding hydrogens is 300 g/mol. The monoisotopic (exact) mass is 322 g/mol. The molecule has 1 saturated heterocycles. The van der Waals surface area contributed by atoms with Crippen molar-refractivity contribution in [1.29, 1.82) is 0 Å². The maximum absolute atomic E-state index is 11.7. The van der Waals surface area contributed by atoms with Crippen LogP contribution in [0.2, 0.25) is 0 Å². The molecule has 1 aromatic carbocycles. The number of benzene rings is 1. The van der Waals surface area contributed by atoms with Gasteiger partial charge in [-0.2, -0.15) is 0 Å². The Morgan fingerprint density at radius 2 is 1.78 bits per heavy atom. The van der Waals surface area contributed by atoms with Crippen molar-refractivity contribution in [1.82, 2.24) is 4.90 Å². The highest BCUT2D eigenvalue weighted by molar-refractivity contribution is 5.91. The first-order valence-electron chi connectivity index (χ1n) is 7.37. The number of carbonyl (C=O) groups excluding carboxylic acids is 2. The summed E-state index contributed by atoms with van der Waals surface area (Å²) in [5.41, 5.74) is 1.78. The molecule has 0 bridgehead atoms. The molecule has 1 fully saturated rings. The van der Waals surface area contributed by atoms with Gasteiger partial charge in [0.25, 0.3) is 5.91 Å². The standard InChI is InChI=1S/C15H22N4O4/c1-22-10-14(20)17-12-2-4-13(5-3-12)18-6-8-19(9-7-18)15(21)11-23-16/h2-5H,6-11,16H2,1H3,(H,17,20). The highest BCUT2D eigenvalue weighted by atomic mass is 16.6. The number of anilines is 2. The van der Waals surface area contributed by atoms with Crippen LogP contribution in [0, 0.1) is 0 Å². The van der Waals surface area contributed by atoms with E-state index < -0.39 is 0 Å². The Morgan fingerprint density at radius 3 is 2.35 bits per heavy atom. The molecule has 0 atom stereocenters. The number of carbonyl (C=O) groups is 2. The van der Waals surface area contributed by atoms with Crippen molar-refractivity contribution >= 4 is 23.2 Å². The van der Waals surface area contributed by atoms with Crippen molar-refractivity contribution in [3.63, 3.8) is 0 Å². The molecule has 1 aliphatic heterocycles. The average molecular weight is 322 g/mol. The number of rotatable bonds is 6. The van der Waals surface area contributed by atoms with Gasteiger partial charge in [0.2, 0.25) is 5.91 Å². The van der Waals surface area contributed by atoms with Crippen LogP contribution in [0.4, 0.5) is 11.4 Å². The van der Waals surface area contributed by atoms with E-state index in [2.05, 4.69) is 15.1 Å². The van der Waals surface area contributed by atoms with Crippen molar-refractivity contribution in [2.24, 2.45) is 5.90 Å². The second-order valence-electron chi connectivity index (χ2n) is 5.21. The van der Waals surface area contributed by atoms with E-state index in [0.29, 0.717) is 13.1 Å². The minimum Gasteiger partial charge on any atom is -0.375 e. The number of methoxy groups -OCH3 is 1. The van der Waals surface area contributed by atoms with E-state index in [0.717, 1.165) is 24.5 Å². The molecule has 3 N–H and O–H groups in total. The van der Waals surface area contributed by atoms with Crippen molar-refractivity contribution < 1.29 is 19.2 Å². The number of amides is 2. The predicted molar refractivity (Wildman–Crippen MR) is 85.9 cm³/mol. The molecule has 2 amide bonds. The van der Waals surface area contributed by atoms with Gasteiger partial charge in [0, 0.05) is 44.7 Å². The summed E-state index contributed by atoms with van der Waals surface area (Å²) in [5, 5.41) is 2.75. The number of ether oxygens (including phenoxy) is 1. The van der Waals surface area contributed by atoms with Crippen LogP contribution in [0.3, 0.4) is 0 Å². The predicted octanol–water partition coefficient (Wildman–Crippen LogP) is -0.190. The third kappa shape index (κ3) is 4.92. The van der Waals surface area contributed by atoms with Crippen molar-refractivity contribution in [2.45, 2.75) is 0 Å². The van der Waals surface area contributed by atoms with Crippen molar-refractivity contribution in [3.05, 3.63) is 24.3 Å². The van der Waals surface area contributed by atoms with E-state index in [1.165, 1.54) is 7.11 Å². The lowest BCUT2D eigenvalue weighted by atomic mass is 10.2. The molecule has 2 rings (SSSR count). The number of nitrogens with zero attached hydrogens (tertiary/aromatic N) is 2. The normalized spacial score (nSPS) is 14.7. The summed E-state index contributed by atoms with van der Waals surface area (Å²) in [5.74, 6) is 4.65. The molecule has 0 radical (unpaired) electrons. The minimum absolute atomic E-state index is 0.0320. The molecule has 1 aromatic rings. The Kier molecular flexibility index (Phi) is 6.33. The van der Waals surface area contributed by atoms with Crippen LogP contribution in [0.25, 0.3) is 0 Å². The van der Waals surface area contributed by atoms with E-state index in [9.17, 15) is 9.59 Å². The molecule has 1 heterocycles. The molecule has 8 nitrogen and oxygen atoms in total. The SMILES string of the molecule is COCC(=O)Nc1ccc(N2CCN(C(=O)CON)CC2)cc1. The summed E-state index contributed by atoms with van der Waals surface area (Å²) >= 11 is 0. The zero-order valence-corrected chi connectivity index (χ0v) is 13.2. The van der Waals surface area contributed by atoms with E-state index in [-0.39, 0.29) is 25.0 Å². The van der Waals surface area contributed by atoms with Gasteiger partial charge in [0.15, 0.2) is 0 Å². The molecule has 0 saturated carbocycles. The first-order chi connectivity index (χ1) is 11.1. The van der Waals surface area contributed by atoms with Gasteiger partial charge >= 0.3 is 0 Å². The van der Waals surface area contributed by atoms with Crippen molar-refractivity contribution in [2.75, 3.05) is 56.7 Å². The first-order valence-corrected chi connectivity index (χ1v) is 7.37. The quantitative estimate of drug-likeness (QED) is 0.705. The zero-order chi connectivity index (χ0) is 16.7. The molecule has 8 heteroatoms. The fourth-order valence-corrected chi connectivity index (χ4v) is 2.46. The summed E-state index contributed by atoms with van der Waals surface area (Å²) in [7, 11) is 1.48. The lowest BCUT2D eigenvalue weighted by Crippen LogP contribution is -2.50. The van der Waals surface area contributed by atoms with Gasteiger partial charge in [0.05, 0.1) is 0 Å². The molecule has 0 aromatic heterocycles. The second kappa shape index (κ2) is 8.47. The lowest BCUT2D eigenvalue weighted by Gasteiger charge is -2.36. The van der Waals surface area contributed by atoms with Gasteiger partial charge in [-0.25, -0.2) is 5.90 Å². The number of nitrogens with one attached hydrogen (secondary N) is 1. The third-order valence-corrected chi connectivity index (χ3v) is 3.63. The van der Waals surface area contributed by atoms with Crippen LogP contribution < -0.4 is 16.1 Å². The maximum atomic E-state index is 11.7. The summed E-state index contributed by atoms with van der Waals surface area (Å²) in [4.78, 5) is 31.5. The van der Waals surface area contributed by atoms with Gasteiger partial charge in [-0.1, -0.05) is 0 Å². The van der Waals surface area contributed by atoms with Crippen LogP contribution in [0.5, 0.6) is 0 Å². The van der Waals surface area contributed by atoms with E-state index in [1.807, 2.05) is 24.3 Å². The van der Waals surface area contributed by atoms with Crippen LogP contribution in [0.1, 0.15) is 0 Å². The summed E-state index contributed by atoms with van der Waals surface area (Å²) in [6.45, 7) is 2.69. The lowest BCUT2D eigenvalue weighted by molar-refractivity contribution is -0.136. The second-order valence-corrected chi connectivity index (χ2v) is 5.21. The van der Waals surface area contributed by atoms with Gasteiger partial charge in [0.1, 0.15) is 13.2 Å². The average Bonchev–Trinajstić information content (AvgIpc) is 2.56. The smallest absolute Gasteiger partial charge is 0.250 e. The minimum atomic E-state index is -0.186. The van der Waals surface area contributed by atoms with E-state index in [1.54, 1.807) is 4.90 Å². The summed E-state index contributed by atoms with van der Waals surface area (Å²) in [6, 6.07) is 7.59. The Bertz CT molecular complexity index is 527. The van der Waals surface area contributed by atoms with Gasteiger partial charge in [-0.05, 0) is 24.3 Å². The molecule has 126 valence electrons. The van der Waals surface area contributed by atoms with E-state index in [4.69, 9.17) is 10.6 Å². The molecule has 0 aliphatic carbocycles. The molecule has 23 heavy (non-hydrogen) atoms. The van der Waals surface area contributed by atoms with Gasteiger partial charge in [-0.15, -0.1) is 0 Å². The fourth-order valence-electron chi connectivity index (χ4n) is 2.46. The summed E-state index contributed by atoms with van der Waals surface area (Å²) in [6.07, 6.45) is 0. The Balaban J connectivity index is 1.86. The largest absolute Gasteiger partial charge is 0.375 e. The van der Waals surface area contributed by atoms with Crippen LogP contribution >= 0.6 is 0 Å². The number of hydrogen-bond acceptors (Lipinski definition) is 6. The van der Waals surface area contributed by atoms with Crippen LogP contribution in [-0.2, 0) is 19.2 Å². The maximum Gasteiger partial charge on any atom is 0.250 e. The van der Waals surface area contributed by atoms with Crippen LogP contribution in [-0.4, -0.2) is 63.2 Å². The number of piperazine rings is 1. The fraction of sp³-hybridized carbons (Fsp3) is 0.467. The van der Waals surface area contributed by atoms with Gasteiger partial charge < -0.3 is 19.9 Å². The first kappa shape index (κ1) is 17.2. The number of hydrogen-bond donors (Lipinski definition) is 2. The number of nitrogens with two attached hydrogens (primary N) is 1. The highest BCUT2D eigenvalue weighted by Gasteiger charge is 2.21. The Morgan fingerprint density at radius 1 is 1.13 bits per heavy atom. The molecule has 0 unspecified atom stereocenters. The van der Waals surface area contributed by atoms with Gasteiger partial charge in [-0.3, -0.25) is 14.4 Å². The molecule has 0 spiro atoms. The zero-order valence-electron chi connectivity index (χ0n) is 13.2. The van der Waals surface area contributed by atoms with Crippen molar-refractivity contribution in [3.8, 4) is 0 Å². The summed E-state index contributed by atoms with van der Waals surface area (Å²) < 4.78 is 4.77. The van der Waals surface area contributed by atoms with Crippen LogP contribution in [0.15, 0.2) is 24.3 Å². The highest BCUT2D eigenvalue weighted by Crippen LogP contribution is 2.19.